The topological polar surface area (TPSA) is 48.4 Å². The first-order valence-electron chi connectivity index (χ1n) is 21.2. The van der Waals surface area contributed by atoms with Gasteiger partial charge in [0.2, 0.25) is 17.8 Å². The molecule has 6 aliphatic rings. The molecule has 0 spiro atoms. The van der Waals surface area contributed by atoms with Crippen molar-refractivity contribution in [1.29, 1.82) is 0 Å². The summed E-state index contributed by atoms with van der Waals surface area (Å²) in [5, 5.41) is 6.62. The number of allylic oxidation sites excluding steroid dienone is 6. The predicted molar refractivity (Wildman–Crippen MR) is 266 cm³/mol. The molecule has 0 bridgehead atoms. The lowest BCUT2D eigenvalue weighted by Crippen LogP contribution is -2.27. The van der Waals surface area contributed by atoms with E-state index in [0.29, 0.717) is 17.8 Å². The van der Waals surface area contributed by atoms with Gasteiger partial charge in [0.05, 0.1) is 34.1 Å². The van der Waals surface area contributed by atoms with Gasteiger partial charge >= 0.3 is 0 Å². The number of hydrogen-bond donors (Lipinski definition) is 0. The number of fused-ring (bicyclic) bond motifs is 6. The van der Waals surface area contributed by atoms with Gasteiger partial charge in [0, 0.05) is 64.8 Å². The summed E-state index contributed by atoms with van der Waals surface area (Å²) >= 11 is 5.45. The molecule has 63 heavy (non-hydrogen) atoms. The van der Waals surface area contributed by atoms with Crippen LogP contribution < -0.4 is 14.7 Å². The molecule has 9 heteroatoms. The van der Waals surface area contributed by atoms with Crippen LogP contribution in [0.25, 0.3) is 16.7 Å². The van der Waals surface area contributed by atoms with Gasteiger partial charge in [-0.25, -0.2) is 0 Å². The number of thioether (sulfide) groups is 3. The van der Waals surface area contributed by atoms with Gasteiger partial charge in [0.1, 0.15) is 0 Å². The average Bonchev–Trinajstić information content (AvgIpc) is 4.18. The van der Waals surface area contributed by atoms with E-state index in [2.05, 4.69) is 195 Å². The zero-order chi connectivity index (χ0) is 41.4. The second-order valence-corrected chi connectivity index (χ2v) is 18.8. The largest absolute Gasteiger partial charge is 0.278 e. The van der Waals surface area contributed by atoms with Gasteiger partial charge in [-0.3, -0.25) is 14.7 Å². The van der Waals surface area contributed by atoms with Crippen LogP contribution in [0.1, 0.15) is 52.6 Å². The Hall–Kier alpha value is -6.78. The van der Waals surface area contributed by atoms with Crippen LogP contribution in [0.15, 0.2) is 195 Å². The molecule has 7 heterocycles. The second-order valence-electron chi connectivity index (χ2n) is 15.8. The van der Waals surface area contributed by atoms with Gasteiger partial charge < -0.3 is 0 Å². The van der Waals surface area contributed by atoms with Gasteiger partial charge in [-0.2, -0.15) is 15.0 Å². The van der Waals surface area contributed by atoms with E-state index in [1.165, 1.54) is 31.4 Å². The second kappa shape index (κ2) is 14.9. The molecule has 0 aliphatic carbocycles. The highest BCUT2D eigenvalue weighted by atomic mass is 32.2. The van der Waals surface area contributed by atoms with Crippen LogP contribution in [0.4, 0.5) is 52.0 Å². The molecule has 0 radical (unpaired) electrons. The summed E-state index contributed by atoms with van der Waals surface area (Å²) in [6.45, 7) is 0. The lowest BCUT2D eigenvalue weighted by atomic mass is 9.89. The minimum atomic E-state index is 0.542. The molecule has 0 saturated heterocycles. The van der Waals surface area contributed by atoms with Crippen molar-refractivity contribution < 1.29 is 0 Å². The normalized spacial score (nSPS) is 16.7. The summed E-state index contributed by atoms with van der Waals surface area (Å²) in [5.74, 6) is 1.63. The van der Waals surface area contributed by atoms with Crippen molar-refractivity contribution in [3.05, 3.63) is 228 Å². The maximum Gasteiger partial charge on any atom is 0.241 e. The number of aromatic nitrogens is 3. The first-order chi connectivity index (χ1) is 31.3. The summed E-state index contributed by atoms with van der Waals surface area (Å²) in [6, 6.07) is 52.2. The van der Waals surface area contributed by atoms with E-state index in [0.717, 1.165) is 86.8 Å². The van der Waals surface area contributed by atoms with Crippen LogP contribution in [0, 0.1) is 0 Å². The summed E-state index contributed by atoms with van der Waals surface area (Å²) in [5.41, 5.74) is 16.9. The molecular weight excluding hydrogens is 829 g/mol. The zero-order valence-corrected chi connectivity index (χ0v) is 36.3. The quantitative estimate of drug-likeness (QED) is 0.173. The molecule has 0 saturated carbocycles. The molecular formula is C54H36N6S3. The molecule has 6 nitrogen and oxygen atoms in total. The van der Waals surface area contributed by atoms with Crippen LogP contribution in [0.5, 0.6) is 0 Å². The molecule has 0 fully saturated rings. The average molecular weight is 865 g/mol. The Morgan fingerprint density at radius 1 is 0.302 bits per heavy atom. The van der Waals surface area contributed by atoms with Gasteiger partial charge in [0.15, 0.2) is 0 Å². The number of para-hydroxylation sites is 6. The van der Waals surface area contributed by atoms with Crippen molar-refractivity contribution in [2.45, 2.75) is 19.3 Å². The molecule has 0 N–H and O–H groups in total. The van der Waals surface area contributed by atoms with E-state index in [-0.39, 0.29) is 0 Å². The van der Waals surface area contributed by atoms with Crippen molar-refractivity contribution >= 4 is 104 Å². The van der Waals surface area contributed by atoms with Gasteiger partial charge in [-0.05, 0) is 71.9 Å². The molecule has 0 unspecified atom stereocenters. The van der Waals surface area contributed by atoms with Crippen LogP contribution in [0.2, 0.25) is 0 Å². The van der Waals surface area contributed by atoms with Gasteiger partial charge in [-0.15, -0.1) is 35.3 Å². The number of rotatable bonds is 3. The Morgan fingerprint density at radius 3 is 0.730 bits per heavy atom. The SMILES string of the molecule is C1=CSC(=C2c3ccccc3N(c3nc(N4c5ccccc5C(=C5CC=CS5)c5ccccc54)nc(N4c5ccccc5C(=C5CC=CS5)c5ccccc54)n3)c3ccccc32)C1. The summed E-state index contributed by atoms with van der Waals surface area (Å²) in [7, 11) is 0. The lowest BCUT2D eigenvalue weighted by Gasteiger charge is -2.38. The fraction of sp³-hybridized carbons (Fsp3) is 0.0556. The Bertz CT molecular complexity index is 2750. The molecule has 0 amide bonds. The van der Waals surface area contributed by atoms with E-state index in [4.69, 9.17) is 15.0 Å². The van der Waals surface area contributed by atoms with E-state index < -0.39 is 0 Å². The summed E-state index contributed by atoms with van der Waals surface area (Å²) in [6.07, 6.45) is 9.48. The van der Waals surface area contributed by atoms with Crippen molar-refractivity contribution in [2.75, 3.05) is 14.7 Å². The number of hydrogen-bond acceptors (Lipinski definition) is 9. The Labute approximate surface area is 378 Å². The molecule has 300 valence electrons. The fourth-order valence-electron chi connectivity index (χ4n) is 9.78. The Balaban J connectivity index is 1.10. The van der Waals surface area contributed by atoms with Crippen LogP contribution in [-0.2, 0) is 0 Å². The van der Waals surface area contributed by atoms with Crippen molar-refractivity contribution in [3.63, 3.8) is 0 Å². The fourth-order valence-corrected chi connectivity index (χ4v) is 12.4. The van der Waals surface area contributed by atoms with Crippen LogP contribution >= 0.6 is 35.3 Å². The van der Waals surface area contributed by atoms with Crippen LogP contribution in [-0.4, -0.2) is 15.0 Å². The molecule has 1 aromatic heterocycles. The molecule has 0 atom stereocenters. The molecule has 7 aromatic rings. The number of benzene rings is 6. The molecule has 6 aliphatic heterocycles. The van der Waals surface area contributed by atoms with Gasteiger partial charge in [-0.1, -0.05) is 127 Å². The lowest BCUT2D eigenvalue weighted by molar-refractivity contribution is 0.954. The minimum absolute atomic E-state index is 0.542. The highest BCUT2D eigenvalue weighted by molar-refractivity contribution is 8.06. The maximum atomic E-state index is 5.62. The van der Waals surface area contributed by atoms with E-state index in [1.807, 2.05) is 35.3 Å². The summed E-state index contributed by atoms with van der Waals surface area (Å²) < 4.78 is 0. The Morgan fingerprint density at radius 2 is 0.524 bits per heavy atom. The first-order valence-corrected chi connectivity index (χ1v) is 23.8. The zero-order valence-electron chi connectivity index (χ0n) is 33.8. The van der Waals surface area contributed by atoms with Crippen molar-refractivity contribution in [2.24, 2.45) is 0 Å². The third-order valence-corrected chi connectivity index (χ3v) is 15.3. The molecule has 6 aromatic carbocycles. The first kappa shape index (κ1) is 36.8. The van der Waals surface area contributed by atoms with Crippen LogP contribution in [0.3, 0.4) is 0 Å². The number of anilines is 9. The standard InChI is InChI=1S/C54H36N6S3/c1-7-22-40-34(16-1)49(46-28-13-31-61-46)35-17-2-8-23-41(35)58(40)52-55-53(59-42-24-9-3-18-36(42)50(47-29-14-32-62-47)37-19-4-10-25-43(37)59)57-54(56-52)60-44-26-11-5-20-38(44)51(48-30-15-33-63-48)39-21-6-12-27-45(39)60/h1-27,31-33H,28-30H2. The minimum Gasteiger partial charge on any atom is -0.278 e. The number of nitrogens with zero attached hydrogens (tertiary/aromatic N) is 6. The predicted octanol–water partition coefficient (Wildman–Crippen LogP) is 15.5. The van der Waals surface area contributed by atoms with E-state index in [1.54, 1.807) is 0 Å². The maximum absolute atomic E-state index is 5.62. The highest BCUT2D eigenvalue weighted by Crippen LogP contribution is 2.56. The van der Waals surface area contributed by atoms with Crippen molar-refractivity contribution in [1.82, 2.24) is 15.0 Å². The third kappa shape index (κ3) is 5.80. The highest BCUT2D eigenvalue weighted by Gasteiger charge is 2.37. The Kier molecular flexibility index (Phi) is 8.74. The third-order valence-electron chi connectivity index (χ3n) is 12.4. The molecule has 13 rings (SSSR count). The van der Waals surface area contributed by atoms with E-state index >= 15 is 0 Å². The van der Waals surface area contributed by atoms with Gasteiger partial charge in [0.25, 0.3) is 0 Å². The smallest absolute Gasteiger partial charge is 0.241 e. The van der Waals surface area contributed by atoms with Crippen molar-refractivity contribution in [3.8, 4) is 0 Å². The summed E-state index contributed by atoms with van der Waals surface area (Å²) in [4.78, 5) is 27.6. The monoisotopic (exact) mass is 864 g/mol. The van der Waals surface area contributed by atoms with E-state index in [9.17, 15) is 0 Å².